The summed E-state index contributed by atoms with van der Waals surface area (Å²) in [7, 11) is 0. The molecule has 0 spiro atoms. The van der Waals surface area contributed by atoms with Crippen molar-refractivity contribution in [1.82, 2.24) is 25.3 Å². The Balaban J connectivity index is 1.23. The summed E-state index contributed by atoms with van der Waals surface area (Å²) in [4.78, 5) is 42.7. The lowest BCUT2D eigenvalue weighted by atomic mass is 10.0. The number of benzene rings is 1. The van der Waals surface area contributed by atoms with Crippen molar-refractivity contribution in [1.29, 1.82) is 0 Å². The van der Waals surface area contributed by atoms with Gasteiger partial charge in [0.25, 0.3) is 11.8 Å². The number of carbonyl (C=O) groups excluding carboxylic acids is 2. The van der Waals surface area contributed by atoms with Gasteiger partial charge in [0.2, 0.25) is 5.95 Å². The highest BCUT2D eigenvalue weighted by atomic mass is 16.2. The molecule has 2 amide bonds. The molecule has 3 aromatic heterocycles. The maximum absolute atomic E-state index is 12.9. The van der Waals surface area contributed by atoms with Gasteiger partial charge in [-0.1, -0.05) is 18.2 Å². The third-order valence-electron chi connectivity index (χ3n) is 6.11. The van der Waals surface area contributed by atoms with Crippen LogP contribution >= 0.6 is 0 Å². The van der Waals surface area contributed by atoms with Crippen LogP contribution < -0.4 is 21.7 Å². The fourth-order valence-electron chi connectivity index (χ4n) is 3.98. The largest absolute Gasteiger partial charge is 0.397 e. The fourth-order valence-corrected chi connectivity index (χ4v) is 3.98. The molecule has 4 aromatic rings. The molecule has 5 N–H and O–H groups in total. The van der Waals surface area contributed by atoms with Crippen molar-refractivity contribution in [3.63, 3.8) is 0 Å². The quantitative estimate of drug-likeness (QED) is 0.266. The van der Waals surface area contributed by atoms with E-state index in [9.17, 15) is 9.59 Å². The third kappa shape index (κ3) is 6.13. The number of rotatable bonds is 7. The number of carbonyl (C=O) groups is 2. The first-order valence-electron chi connectivity index (χ1n) is 12.3. The minimum absolute atomic E-state index is 0.172. The molecule has 5 rings (SSSR count). The summed E-state index contributed by atoms with van der Waals surface area (Å²) in [5, 5.41) is 8.98. The lowest BCUT2D eigenvalue weighted by molar-refractivity contribution is 0.0942. The predicted molar refractivity (Wildman–Crippen MR) is 150 cm³/mol. The molecule has 0 bridgehead atoms. The normalized spacial score (nSPS) is 14.5. The SMILES string of the molecule is CC1=CCC(NC(=O)c2ccc(C(=O)Nc3ccccc3N)nc2)C=C1Nc1nccc(-c2cccnc2)n1. The van der Waals surface area contributed by atoms with Gasteiger partial charge >= 0.3 is 0 Å². The molecule has 10 nitrogen and oxygen atoms in total. The molecule has 1 aromatic carbocycles. The number of nitrogens with zero attached hydrogens (tertiary/aromatic N) is 4. The van der Waals surface area contributed by atoms with E-state index in [0.29, 0.717) is 29.3 Å². The Labute approximate surface area is 225 Å². The van der Waals surface area contributed by atoms with Gasteiger partial charge in [0, 0.05) is 36.0 Å². The summed E-state index contributed by atoms with van der Waals surface area (Å²) in [6, 6.07) is 15.4. The van der Waals surface area contributed by atoms with Gasteiger partial charge in [0.05, 0.1) is 28.7 Å². The molecule has 0 saturated heterocycles. The number of hydrogen-bond acceptors (Lipinski definition) is 8. The number of nitrogens with two attached hydrogens (primary N) is 1. The van der Waals surface area contributed by atoms with Gasteiger partial charge in [-0.25, -0.2) is 9.97 Å². The van der Waals surface area contributed by atoms with Gasteiger partial charge in [0.1, 0.15) is 5.69 Å². The molecule has 0 fully saturated rings. The number of amides is 2. The highest BCUT2D eigenvalue weighted by Crippen LogP contribution is 2.22. The second-order valence-electron chi connectivity index (χ2n) is 8.89. The third-order valence-corrected chi connectivity index (χ3v) is 6.11. The van der Waals surface area contributed by atoms with E-state index in [1.165, 1.54) is 12.3 Å². The highest BCUT2D eigenvalue weighted by Gasteiger charge is 2.18. The van der Waals surface area contributed by atoms with Crippen LogP contribution in [0.4, 0.5) is 17.3 Å². The first-order valence-corrected chi connectivity index (χ1v) is 12.3. The molecule has 0 saturated carbocycles. The molecule has 1 aliphatic carbocycles. The van der Waals surface area contributed by atoms with E-state index in [4.69, 9.17) is 5.73 Å². The van der Waals surface area contributed by atoms with Crippen LogP contribution in [0.25, 0.3) is 11.3 Å². The Kier molecular flexibility index (Phi) is 7.35. The van der Waals surface area contributed by atoms with E-state index < -0.39 is 5.91 Å². The van der Waals surface area contributed by atoms with Crippen molar-refractivity contribution in [3.05, 3.63) is 114 Å². The van der Waals surface area contributed by atoms with Crippen LogP contribution in [-0.2, 0) is 0 Å². The number of aromatic nitrogens is 4. The van der Waals surface area contributed by atoms with Crippen molar-refractivity contribution in [2.45, 2.75) is 19.4 Å². The van der Waals surface area contributed by atoms with Crippen LogP contribution in [-0.4, -0.2) is 37.8 Å². The zero-order valence-corrected chi connectivity index (χ0v) is 21.1. The Morgan fingerprint density at radius 2 is 1.82 bits per heavy atom. The monoisotopic (exact) mass is 518 g/mol. The van der Waals surface area contributed by atoms with Gasteiger partial charge in [-0.05, 0) is 67.5 Å². The molecule has 0 radical (unpaired) electrons. The topological polar surface area (TPSA) is 148 Å². The van der Waals surface area contributed by atoms with E-state index in [1.807, 2.05) is 37.3 Å². The number of hydrogen-bond donors (Lipinski definition) is 4. The van der Waals surface area contributed by atoms with Crippen LogP contribution in [0.15, 0.2) is 103 Å². The van der Waals surface area contributed by atoms with Crippen LogP contribution in [0.3, 0.4) is 0 Å². The van der Waals surface area contributed by atoms with Crippen LogP contribution in [0.2, 0.25) is 0 Å². The Morgan fingerprint density at radius 3 is 2.59 bits per heavy atom. The summed E-state index contributed by atoms with van der Waals surface area (Å²) in [6.45, 7) is 1.98. The Morgan fingerprint density at radius 1 is 0.949 bits per heavy atom. The molecule has 10 heteroatoms. The molecule has 3 heterocycles. The number of anilines is 3. The van der Waals surface area contributed by atoms with Gasteiger partial charge < -0.3 is 21.7 Å². The van der Waals surface area contributed by atoms with Crippen molar-refractivity contribution >= 4 is 29.1 Å². The number of nitrogen functional groups attached to an aromatic ring is 1. The average Bonchev–Trinajstić information content (AvgIpc) is 2.97. The zero-order chi connectivity index (χ0) is 27.2. The van der Waals surface area contributed by atoms with Gasteiger partial charge in [-0.2, -0.15) is 0 Å². The van der Waals surface area contributed by atoms with Crippen LogP contribution in [0.5, 0.6) is 0 Å². The number of nitrogens with one attached hydrogen (secondary N) is 3. The first kappa shape index (κ1) is 25.3. The fraction of sp³-hybridized carbons (Fsp3) is 0.103. The molecule has 1 aliphatic rings. The van der Waals surface area contributed by atoms with Gasteiger partial charge in [-0.15, -0.1) is 0 Å². The second kappa shape index (κ2) is 11.3. The summed E-state index contributed by atoms with van der Waals surface area (Å²) in [5.41, 5.74) is 10.8. The van der Waals surface area contributed by atoms with E-state index >= 15 is 0 Å². The summed E-state index contributed by atoms with van der Waals surface area (Å²) < 4.78 is 0. The molecule has 1 unspecified atom stereocenters. The lowest BCUT2D eigenvalue weighted by Gasteiger charge is -2.22. The molecular weight excluding hydrogens is 492 g/mol. The van der Waals surface area contributed by atoms with Gasteiger partial charge in [-0.3, -0.25) is 19.6 Å². The molecule has 194 valence electrons. The highest BCUT2D eigenvalue weighted by molar-refractivity contribution is 6.05. The maximum Gasteiger partial charge on any atom is 0.274 e. The molecule has 39 heavy (non-hydrogen) atoms. The summed E-state index contributed by atoms with van der Waals surface area (Å²) >= 11 is 0. The average molecular weight is 519 g/mol. The van der Waals surface area contributed by atoms with E-state index in [1.54, 1.807) is 48.9 Å². The second-order valence-corrected chi connectivity index (χ2v) is 8.89. The number of pyridine rings is 2. The van der Waals surface area contributed by atoms with Crippen molar-refractivity contribution in [2.75, 3.05) is 16.4 Å². The molecule has 0 aliphatic heterocycles. The van der Waals surface area contributed by atoms with E-state index in [0.717, 1.165) is 22.5 Å². The number of para-hydroxylation sites is 2. The summed E-state index contributed by atoms with van der Waals surface area (Å²) in [5.74, 6) is -0.274. The van der Waals surface area contributed by atoms with Crippen molar-refractivity contribution in [3.8, 4) is 11.3 Å². The molecular formula is C29H26N8O2. The first-order chi connectivity index (χ1) is 19.0. The zero-order valence-electron chi connectivity index (χ0n) is 21.1. The van der Waals surface area contributed by atoms with Crippen molar-refractivity contribution < 1.29 is 9.59 Å². The van der Waals surface area contributed by atoms with E-state index in [2.05, 4.69) is 35.9 Å². The lowest BCUT2D eigenvalue weighted by Crippen LogP contribution is -2.35. The standard InChI is InChI=1S/C29H26N8O2/c1-18-8-10-21(15-26(18)37-29-32-14-12-23(36-29)19-5-4-13-31-16-19)34-27(38)20-9-11-25(33-17-20)28(39)35-24-7-3-2-6-22(24)30/h2-9,11-17,21H,10,30H2,1H3,(H,34,38)(H,35,39)(H,32,36,37). The Hall–Kier alpha value is -5.38. The summed E-state index contributed by atoms with van der Waals surface area (Å²) in [6.07, 6.45) is 11.1. The Bertz CT molecular complexity index is 1570. The smallest absolute Gasteiger partial charge is 0.274 e. The van der Waals surface area contributed by atoms with Crippen LogP contribution in [0, 0.1) is 0 Å². The van der Waals surface area contributed by atoms with Crippen molar-refractivity contribution in [2.24, 2.45) is 0 Å². The minimum atomic E-state index is -0.416. The molecule has 1 atom stereocenters. The van der Waals surface area contributed by atoms with Gasteiger partial charge in [0.15, 0.2) is 0 Å². The van der Waals surface area contributed by atoms with Crippen LogP contribution in [0.1, 0.15) is 34.2 Å². The minimum Gasteiger partial charge on any atom is -0.397 e. The van der Waals surface area contributed by atoms with E-state index in [-0.39, 0.29) is 17.6 Å². The maximum atomic E-state index is 12.9. The number of allylic oxidation sites excluding steroid dienone is 1. The predicted octanol–water partition coefficient (Wildman–Crippen LogP) is 4.21.